The lowest BCUT2D eigenvalue weighted by Crippen LogP contribution is -2.16. The number of aromatic nitrogens is 2. The van der Waals surface area contributed by atoms with Crippen molar-refractivity contribution in [1.82, 2.24) is 15.5 Å². The molecule has 2 rings (SSSR count). The number of ether oxygens (including phenoxy) is 1. The molecule has 2 heterocycles. The second-order valence-corrected chi connectivity index (χ2v) is 3.44. The third kappa shape index (κ3) is 1.78. The van der Waals surface area contributed by atoms with E-state index in [0.717, 1.165) is 19.4 Å². The van der Waals surface area contributed by atoms with E-state index in [0.29, 0.717) is 11.8 Å². The molecular weight excluding hydrogens is 182 g/mol. The Morgan fingerprint density at radius 2 is 2.43 bits per heavy atom. The van der Waals surface area contributed by atoms with E-state index < -0.39 is 0 Å². The maximum atomic E-state index is 5.47. The highest BCUT2D eigenvalue weighted by Crippen LogP contribution is 2.23. The first kappa shape index (κ1) is 9.61. The van der Waals surface area contributed by atoms with Crippen LogP contribution in [0.25, 0.3) is 0 Å². The molecule has 2 atom stereocenters. The number of rotatable bonds is 3. The van der Waals surface area contributed by atoms with Gasteiger partial charge in [-0.15, -0.1) is 10.2 Å². The molecule has 0 bridgehead atoms. The highest BCUT2D eigenvalue weighted by molar-refractivity contribution is 4.95. The Hall–Kier alpha value is -0.940. The first-order valence-electron chi connectivity index (χ1n) is 4.92. The third-order valence-electron chi connectivity index (χ3n) is 2.51. The van der Waals surface area contributed by atoms with Crippen molar-refractivity contribution >= 4 is 0 Å². The Bertz CT molecular complexity index is 300. The standard InChI is InChI=1S/C9H15N3O2/c1-3-8-11-12-9(14-8)7-4-6(13-2)5-10-7/h6-7,10H,3-5H2,1-2H3/t6-,7-/m1/s1. The summed E-state index contributed by atoms with van der Waals surface area (Å²) < 4.78 is 10.7. The molecule has 0 aliphatic carbocycles. The largest absolute Gasteiger partial charge is 0.424 e. The van der Waals surface area contributed by atoms with Crippen molar-refractivity contribution in [2.75, 3.05) is 13.7 Å². The lowest BCUT2D eigenvalue weighted by molar-refractivity contribution is 0.116. The molecular formula is C9H15N3O2. The Kier molecular flexibility index (Phi) is 2.79. The minimum atomic E-state index is 0.160. The predicted molar refractivity (Wildman–Crippen MR) is 49.8 cm³/mol. The van der Waals surface area contributed by atoms with Crippen LogP contribution in [-0.2, 0) is 11.2 Å². The zero-order chi connectivity index (χ0) is 9.97. The van der Waals surface area contributed by atoms with Gasteiger partial charge >= 0.3 is 0 Å². The van der Waals surface area contributed by atoms with Crippen LogP contribution in [0.15, 0.2) is 4.42 Å². The second-order valence-electron chi connectivity index (χ2n) is 3.44. The van der Waals surface area contributed by atoms with Crippen molar-refractivity contribution in [3.8, 4) is 0 Å². The first-order chi connectivity index (χ1) is 6.83. The fourth-order valence-corrected chi connectivity index (χ4v) is 1.62. The van der Waals surface area contributed by atoms with E-state index >= 15 is 0 Å². The van der Waals surface area contributed by atoms with Crippen molar-refractivity contribution in [1.29, 1.82) is 0 Å². The van der Waals surface area contributed by atoms with Crippen LogP contribution in [0.4, 0.5) is 0 Å². The van der Waals surface area contributed by atoms with Gasteiger partial charge in [-0.2, -0.15) is 0 Å². The van der Waals surface area contributed by atoms with Crippen molar-refractivity contribution in [2.45, 2.75) is 31.9 Å². The monoisotopic (exact) mass is 197 g/mol. The predicted octanol–water partition coefficient (Wildman–Crippen LogP) is 0.681. The number of hydrogen-bond donors (Lipinski definition) is 1. The van der Waals surface area contributed by atoms with Gasteiger partial charge in [-0.1, -0.05) is 6.92 Å². The number of aryl methyl sites for hydroxylation is 1. The van der Waals surface area contributed by atoms with Gasteiger partial charge in [0.25, 0.3) is 0 Å². The van der Waals surface area contributed by atoms with E-state index in [1.807, 2.05) is 6.92 Å². The summed E-state index contributed by atoms with van der Waals surface area (Å²) in [6, 6.07) is 0.160. The molecule has 1 N–H and O–H groups in total. The molecule has 1 aliphatic rings. The molecule has 0 unspecified atom stereocenters. The molecule has 1 aromatic heterocycles. The van der Waals surface area contributed by atoms with E-state index in [1.54, 1.807) is 7.11 Å². The smallest absolute Gasteiger partial charge is 0.233 e. The molecule has 78 valence electrons. The number of nitrogens with one attached hydrogen (secondary N) is 1. The minimum absolute atomic E-state index is 0.160. The fraction of sp³-hybridized carbons (Fsp3) is 0.778. The second kappa shape index (κ2) is 4.06. The molecule has 1 aliphatic heterocycles. The van der Waals surface area contributed by atoms with Crippen LogP contribution < -0.4 is 5.32 Å². The van der Waals surface area contributed by atoms with Gasteiger partial charge in [0.05, 0.1) is 12.1 Å². The van der Waals surface area contributed by atoms with Gasteiger partial charge in [-0.05, 0) is 6.42 Å². The Labute approximate surface area is 82.8 Å². The quantitative estimate of drug-likeness (QED) is 0.772. The topological polar surface area (TPSA) is 60.2 Å². The number of nitrogens with zero attached hydrogens (tertiary/aromatic N) is 2. The summed E-state index contributed by atoms with van der Waals surface area (Å²) in [6.45, 7) is 2.85. The van der Waals surface area contributed by atoms with E-state index in [-0.39, 0.29) is 12.1 Å². The van der Waals surface area contributed by atoms with Crippen molar-refractivity contribution in [3.05, 3.63) is 11.8 Å². The summed E-state index contributed by atoms with van der Waals surface area (Å²) in [4.78, 5) is 0. The van der Waals surface area contributed by atoms with Gasteiger partial charge in [0.15, 0.2) is 0 Å². The molecule has 5 heteroatoms. The number of hydrogen-bond acceptors (Lipinski definition) is 5. The molecule has 1 fully saturated rings. The van der Waals surface area contributed by atoms with Gasteiger partial charge < -0.3 is 14.5 Å². The maximum Gasteiger partial charge on any atom is 0.233 e. The Morgan fingerprint density at radius 3 is 3.00 bits per heavy atom. The lowest BCUT2D eigenvalue weighted by Gasteiger charge is -2.04. The van der Waals surface area contributed by atoms with Crippen molar-refractivity contribution in [3.63, 3.8) is 0 Å². The molecule has 5 nitrogen and oxygen atoms in total. The summed E-state index contributed by atoms with van der Waals surface area (Å²) in [5.74, 6) is 1.38. The van der Waals surface area contributed by atoms with Gasteiger partial charge in [-0.25, -0.2) is 0 Å². The van der Waals surface area contributed by atoms with E-state index in [2.05, 4.69) is 15.5 Å². The SMILES string of the molecule is CCc1nnc([C@H]2C[C@@H](OC)CN2)o1. The van der Waals surface area contributed by atoms with Crippen molar-refractivity contribution < 1.29 is 9.15 Å². The van der Waals surface area contributed by atoms with Crippen molar-refractivity contribution in [2.24, 2.45) is 0 Å². The zero-order valence-corrected chi connectivity index (χ0v) is 8.49. The summed E-state index contributed by atoms with van der Waals surface area (Å²) in [7, 11) is 1.72. The van der Waals surface area contributed by atoms with Gasteiger partial charge in [0.2, 0.25) is 11.8 Å². The molecule has 14 heavy (non-hydrogen) atoms. The summed E-state index contributed by atoms with van der Waals surface area (Å²) in [6.07, 6.45) is 1.95. The van der Waals surface area contributed by atoms with Crippen LogP contribution in [0.5, 0.6) is 0 Å². The van der Waals surface area contributed by atoms with E-state index in [9.17, 15) is 0 Å². The molecule has 0 saturated carbocycles. The minimum Gasteiger partial charge on any atom is -0.424 e. The highest BCUT2D eigenvalue weighted by atomic mass is 16.5. The average Bonchev–Trinajstić information content (AvgIpc) is 2.86. The lowest BCUT2D eigenvalue weighted by atomic mass is 10.2. The van der Waals surface area contributed by atoms with Gasteiger partial charge in [0.1, 0.15) is 0 Å². The van der Waals surface area contributed by atoms with Crippen LogP contribution in [0.1, 0.15) is 31.2 Å². The number of methoxy groups -OCH3 is 1. The normalized spacial score (nSPS) is 27.0. The van der Waals surface area contributed by atoms with E-state index in [4.69, 9.17) is 9.15 Å². The van der Waals surface area contributed by atoms with Crippen LogP contribution in [0.3, 0.4) is 0 Å². The Morgan fingerprint density at radius 1 is 1.57 bits per heavy atom. The first-order valence-corrected chi connectivity index (χ1v) is 4.92. The van der Waals surface area contributed by atoms with Crippen LogP contribution in [-0.4, -0.2) is 30.0 Å². The van der Waals surface area contributed by atoms with Gasteiger partial charge in [-0.3, -0.25) is 0 Å². The molecule has 0 spiro atoms. The molecule has 0 radical (unpaired) electrons. The maximum absolute atomic E-state index is 5.47. The van der Waals surface area contributed by atoms with Crippen LogP contribution in [0, 0.1) is 0 Å². The molecule has 0 amide bonds. The summed E-state index contributed by atoms with van der Waals surface area (Å²) in [5.41, 5.74) is 0. The Balaban J connectivity index is 2.02. The highest BCUT2D eigenvalue weighted by Gasteiger charge is 2.28. The summed E-state index contributed by atoms with van der Waals surface area (Å²) in [5, 5.41) is 11.2. The third-order valence-corrected chi connectivity index (χ3v) is 2.51. The zero-order valence-electron chi connectivity index (χ0n) is 8.49. The summed E-state index contributed by atoms with van der Waals surface area (Å²) >= 11 is 0. The molecule has 1 saturated heterocycles. The van der Waals surface area contributed by atoms with Crippen LogP contribution in [0.2, 0.25) is 0 Å². The molecule has 0 aromatic carbocycles. The average molecular weight is 197 g/mol. The van der Waals surface area contributed by atoms with Crippen LogP contribution >= 0.6 is 0 Å². The fourth-order valence-electron chi connectivity index (χ4n) is 1.62. The van der Waals surface area contributed by atoms with E-state index in [1.165, 1.54) is 0 Å². The molecule has 1 aromatic rings. The van der Waals surface area contributed by atoms with Gasteiger partial charge in [0, 0.05) is 20.1 Å².